The number of carboxylic acids is 1. The zero-order chi connectivity index (χ0) is 12.1. The fourth-order valence-corrected chi connectivity index (χ4v) is 1.05. The van der Waals surface area contributed by atoms with Gasteiger partial charge in [0.2, 0.25) is 0 Å². The minimum Gasteiger partial charge on any atom is -0.483 e. The van der Waals surface area contributed by atoms with Gasteiger partial charge in [0.05, 0.1) is 0 Å². The van der Waals surface area contributed by atoms with E-state index in [1.54, 1.807) is 0 Å². The van der Waals surface area contributed by atoms with Gasteiger partial charge in [0.25, 0.3) is 5.91 Å². The minimum atomic E-state index is -1.44. The second-order valence-electron chi connectivity index (χ2n) is 2.88. The van der Waals surface area contributed by atoms with Crippen molar-refractivity contribution in [2.45, 2.75) is 0 Å². The zero-order valence-electron chi connectivity index (χ0n) is 8.49. The van der Waals surface area contributed by atoms with Crippen molar-refractivity contribution >= 4 is 11.9 Å². The molecule has 2 N–H and O–H groups in total. The molecule has 0 unspecified atom stereocenters. The summed E-state index contributed by atoms with van der Waals surface area (Å²) >= 11 is 0. The quantitative estimate of drug-likeness (QED) is 0.791. The summed E-state index contributed by atoms with van der Waals surface area (Å²) in [5.41, 5.74) is -0.577. The Hall–Kier alpha value is -2.11. The Morgan fingerprint density at radius 2 is 2.19 bits per heavy atom. The van der Waals surface area contributed by atoms with Gasteiger partial charge in [-0.05, 0) is 12.1 Å². The lowest BCUT2D eigenvalue weighted by atomic mass is 10.2. The van der Waals surface area contributed by atoms with Crippen molar-refractivity contribution in [3.8, 4) is 5.75 Å². The molecule has 0 heterocycles. The lowest BCUT2D eigenvalue weighted by Gasteiger charge is -2.08. The summed E-state index contributed by atoms with van der Waals surface area (Å²) in [4.78, 5) is 21.6. The number of aromatic carboxylic acids is 1. The van der Waals surface area contributed by atoms with E-state index in [2.05, 4.69) is 5.32 Å². The molecule has 0 aliphatic heterocycles. The number of nitrogens with one attached hydrogen (secondary N) is 1. The van der Waals surface area contributed by atoms with Crippen molar-refractivity contribution in [2.24, 2.45) is 0 Å². The first-order valence-electron chi connectivity index (χ1n) is 4.41. The van der Waals surface area contributed by atoms with Gasteiger partial charge in [0.1, 0.15) is 17.1 Å². The fraction of sp³-hybridized carbons (Fsp3) is 0.200. The molecule has 0 fully saturated rings. The lowest BCUT2D eigenvalue weighted by molar-refractivity contribution is -0.122. The Labute approximate surface area is 90.8 Å². The molecule has 0 atom stereocenters. The highest BCUT2D eigenvalue weighted by Crippen LogP contribution is 2.21. The van der Waals surface area contributed by atoms with Crippen LogP contribution in [-0.2, 0) is 4.79 Å². The Morgan fingerprint density at radius 3 is 2.75 bits per heavy atom. The smallest absolute Gasteiger partial charge is 0.342 e. The predicted octanol–water partition coefficient (Wildman–Crippen LogP) is 0.649. The van der Waals surface area contributed by atoms with Crippen molar-refractivity contribution in [1.29, 1.82) is 0 Å². The van der Waals surface area contributed by atoms with Gasteiger partial charge >= 0.3 is 5.97 Å². The van der Waals surface area contributed by atoms with Gasteiger partial charge in [-0.3, -0.25) is 4.79 Å². The predicted molar refractivity (Wildman–Crippen MR) is 52.9 cm³/mol. The first-order valence-corrected chi connectivity index (χ1v) is 4.41. The van der Waals surface area contributed by atoms with Crippen LogP contribution < -0.4 is 10.1 Å². The van der Waals surface area contributed by atoms with Crippen LogP contribution >= 0.6 is 0 Å². The van der Waals surface area contributed by atoms with Gasteiger partial charge in [0, 0.05) is 7.05 Å². The highest BCUT2D eigenvalue weighted by molar-refractivity contribution is 5.91. The molecule has 1 amide bonds. The largest absolute Gasteiger partial charge is 0.483 e. The Bertz CT molecular complexity index is 419. The van der Waals surface area contributed by atoms with E-state index in [4.69, 9.17) is 9.84 Å². The standard InChI is InChI=1S/C10H10FNO4/c1-12-8(13)5-16-7-4-2-3-6(11)9(7)10(14)15/h2-4H,5H2,1H3,(H,12,13)(H,14,15). The fourth-order valence-electron chi connectivity index (χ4n) is 1.05. The van der Waals surface area contributed by atoms with Crippen molar-refractivity contribution in [1.82, 2.24) is 5.32 Å². The summed E-state index contributed by atoms with van der Waals surface area (Å²) < 4.78 is 18.0. The van der Waals surface area contributed by atoms with Crippen LogP contribution in [0.5, 0.6) is 5.75 Å². The highest BCUT2D eigenvalue weighted by atomic mass is 19.1. The molecule has 0 radical (unpaired) electrons. The molecule has 0 aliphatic carbocycles. The number of amides is 1. The third-order valence-corrected chi connectivity index (χ3v) is 1.83. The number of hydrogen-bond donors (Lipinski definition) is 2. The summed E-state index contributed by atoms with van der Waals surface area (Å²) in [6.45, 7) is -0.361. The van der Waals surface area contributed by atoms with Crippen molar-refractivity contribution in [3.05, 3.63) is 29.6 Å². The molecule has 1 aromatic carbocycles. The number of halogens is 1. The SMILES string of the molecule is CNC(=O)COc1cccc(F)c1C(=O)O. The minimum absolute atomic E-state index is 0.170. The normalized spacial score (nSPS) is 9.62. The van der Waals surface area contributed by atoms with E-state index in [0.29, 0.717) is 0 Å². The second-order valence-corrected chi connectivity index (χ2v) is 2.88. The molecule has 0 aromatic heterocycles. The molecule has 86 valence electrons. The highest BCUT2D eigenvalue weighted by Gasteiger charge is 2.17. The lowest BCUT2D eigenvalue weighted by Crippen LogP contribution is -2.25. The van der Waals surface area contributed by atoms with Gasteiger partial charge in [-0.1, -0.05) is 6.07 Å². The molecular formula is C10H10FNO4. The van der Waals surface area contributed by atoms with Crippen molar-refractivity contribution in [2.75, 3.05) is 13.7 Å². The number of rotatable bonds is 4. The van der Waals surface area contributed by atoms with Gasteiger partial charge in [-0.25, -0.2) is 9.18 Å². The van der Waals surface area contributed by atoms with E-state index in [1.165, 1.54) is 19.2 Å². The molecule has 1 rings (SSSR count). The monoisotopic (exact) mass is 227 g/mol. The Balaban J connectivity index is 2.91. The maximum Gasteiger partial charge on any atom is 0.342 e. The number of carboxylic acid groups (broad SMARTS) is 1. The van der Waals surface area contributed by atoms with E-state index >= 15 is 0 Å². The number of carbonyl (C=O) groups is 2. The van der Waals surface area contributed by atoms with Crippen LogP contribution in [0.4, 0.5) is 4.39 Å². The molecule has 0 saturated heterocycles. The summed E-state index contributed by atoms with van der Waals surface area (Å²) in [6, 6.07) is 3.60. The summed E-state index contributed by atoms with van der Waals surface area (Å²) in [6.07, 6.45) is 0. The summed E-state index contributed by atoms with van der Waals surface area (Å²) in [5.74, 6) is -2.94. The van der Waals surface area contributed by atoms with Crippen LogP contribution in [0, 0.1) is 5.82 Å². The third-order valence-electron chi connectivity index (χ3n) is 1.83. The van der Waals surface area contributed by atoms with E-state index in [1.807, 2.05) is 0 Å². The summed E-state index contributed by atoms with van der Waals surface area (Å²) in [5, 5.41) is 11.0. The molecule has 16 heavy (non-hydrogen) atoms. The van der Waals surface area contributed by atoms with Crippen molar-refractivity contribution < 1.29 is 23.8 Å². The van der Waals surface area contributed by atoms with Crippen LogP contribution in [0.3, 0.4) is 0 Å². The molecule has 0 spiro atoms. The number of carbonyl (C=O) groups excluding carboxylic acids is 1. The van der Waals surface area contributed by atoms with Crippen LogP contribution in [0.2, 0.25) is 0 Å². The molecule has 6 heteroatoms. The summed E-state index contributed by atoms with van der Waals surface area (Å²) in [7, 11) is 1.41. The number of hydrogen-bond acceptors (Lipinski definition) is 3. The van der Waals surface area contributed by atoms with Gasteiger partial charge < -0.3 is 15.2 Å². The maximum atomic E-state index is 13.1. The number of likely N-dealkylation sites (N-methyl/N-ethyl adjacent to an activating group) is 1. The Morgan fingerprint density at radius 1 is 1.50 bits per heavy atom. The van der Waals surface area contributed by atoms with E-state index in [0.717, 1.165) is 6.07 Å². The Kier molecular flexibility index (Phi) is 3.82. The average Bonchev–Trinajstić information content (AvgIpc) is 2.25. The molecule has 0 saturated carbocycles. The van der Waals surface area contributed by atoms with Gasteiger partial charge in [0.15, 0.2) is 6.61 Å². The topological polar surface area (TPSA) is 75.6 Å². The van der Waals surface area contributed by atoms with Crippen LogP contribution in [0.15, 0.2) is 18.2 Å². The molecular weight excluding hydrogens is 217 g/mol. The first-order chi connectivity index (χ1) is 7.56. The van der Waals surface area contributed by atoms with Gasteiger partial charge in [-0.2, -0.15) is 0 Å². The second kappa shape index (κ2) is 5.11. The third kappa shape index (κ3) is 2.69. The average molecular weight is 227 g/mol. The van der Waals surface area contributed by atoms with E-state index in [-0.39, 0.29) is 12.4 Å². The maximum absolute atomic E-state index is 13.1. The molecule has 0 aliphatic rings. The number of ether oxygens (including phenoxy) is 1. The van der Waals surface area contributed by atoms with Gasteiger partial charge in [-0.15, -0.1) is 0 Å². The van der Waals surface area contributed by atoms with E-state index in [9.17, 15) is 14.0 Å². The number of benzene rings is 1. The van der Waals surface area contributed by atoms with Crippen LogP contribution in [-0.4, -0.2) is 30.6 Å². The molecule has 5 nitrogen and oxygen atoms in total. The van der Waals surface area contributed by atoms with Crippen molar-refractivity contribution in [3.63, 3.8) is 0 Å². The molecule has 1 aromatic rings. The van der Waals surface area contributed by atoms with E-state index < -0.39 is 23.3 Å². The zero-order valence-corrected chi connectivity index (χ0v) is 8.49. The van der Waals surface area contributed by atoms with Crippen LogP contribution in [0.1, 0.15) is 10.4 Å². The first kappa shape index (κ1) is 12.0. The van der Waals surface area contributed by atoms with Crippen LogP contribution in [0.25, 0.3) is 0 Å². The molecule has 0 bridgehead atoms.